The molecule has 0 aliphatic rings. The van der Waals surface area contributed by atoms with Crippen molar-refractivity contribution in [2.24, 2.45) is 7.05 Å². The van der Waals surface area contributed by atoms with Crippen molar-refractivity contribution in [2.45, 2.75) is 11.2 Å². The number of rotatable bonds is 7. The summed E-state index contributed by atoms with van der Waals surface area (Å²) in [5.41, 5.74) is -1.33. The van der Waals surface area contributed by atoms with Crippen molar-refractivity contribution < 1.29 is 22.6 Å². The number of carbonyl (C=O) groups excluding carboxylic acids is 1. The van der Waals surface area contributed by atoms with Gasteiger partial charge in [-0.15, -0.1) is 5.10 Å². The van der Waals surface area contributed by atoms with Gasteiger partial charge in [-0.1, -0.05) is 17.8 Å². The number of amides is 1. The molecule has 2 heterocycles. The van der Waals surface area contributed by atoms with E-state index in [0.29, 0.717) is 5.75 Å². The average Bonchev–Trinajstić information content (AvgIpc) is 3.31. The Labute approximate surface area is 175 Å². The molecular weight excluding hydrogens is 441 g/mol. The first-order valence-corrected chi connectivity index (χ1v) is 9.54. The lowest BCUT2D eigenvalue weighted by Gasteiger charge is -2.10. The van der Waals surface area contributed by atoms with Crippen LogP contribution in [-0.4, -0.2) is 49.1 Å². The molecule has 4 N–H and O–H groups in total. The second-order valence-electron chi connectivity index (χ2n) is 6.00. The molecule has 0 radical (unpaired) electrons. The Morgan fingerprint density at radius 1 is 1.35 bits per heavy atom. The predicted octanol–water partition coefficient (Wildman–Crippen LogP) is 1.47. The van der Waals surface area contributed by atoms with Gasteiger partial charge >= 0.3 is 11.9 Å². The summed E-state index contributed by atoms with van der Waals surface area (Å²) in [6.45, 7) is 0.169. The molecule has 1 aromatic carbocycles. The molecule has 1 amide bonds. The van der Waals surface area contributed by atoms with Gasteiger partial charge in [0.25, 0.3) is 5.91 Å². The van der Waals surface area contributed by atoms with Crippen molar-refractivity contribution in [1.82, 2.24) is 30.4 Å². The average molecular weight is 456 g/mol. The van der Waals surface area contributed by atoms with Gasteiger partial charge in [-0.3, -0.25) is 15.2 Å². The van der Waals surface area contributed by atoms with E-state index in [1.54, 1.807) is 0 Å². The monoisotopic (exact) mass is 456 g/mol. The number of anilines is 1. The summed E-state index contributed by atoms with van der Waals surface area (Å²) in [5, 5.41) is 24.3. The Kier molecular flexibility index (Phi) is 6.43. The molecule has 0 saturated carbocycles. The quantitative estimate of drug-likeness (QED) is 0.180. The van der Waals surface area contributed by atoms with E-state index >= 15 is 0 Å². The fourth-order valence-corrected chi connectivity index (χ4v) is 3.07. The van der Waals surface area contributed by atoms with Crippen LogP contribution < -0.4 is 16.3 Å². The number of aromatic nitrogens is 5. The minimum Gasteiger partial charge on any atom is -0.348 e. The molecule has 3 rings (SSSR count). The number of benzene rings is 1. The maximum atomic E-state index is 12.8. The van der Waals surface area contributed by atoms with E-state index in [4.69, 9.17) is 5.41 Å². The van der Waals surface area contributed by atoms with Gasteiger partial charge in [0.2, 0.25) is 5.82 Å². The zero-order chi connectivity index (χ0) is 22.6. The number of alkyl halides is 3. The lowest BCUT2D eigenvalue weighted by Crippen LogP contribution is -2.27. The Balaban J connectivity index is 1.55. The number of halogens is 3. The predicted molar refractivity (Wildman–Crippen MR) is 103 cm³/mol. The third-order valence-electron chi connectivity index (χ3n) is 3.77. The number of thioether (sulfide) groups is 1. The summed E-state index contributed by atoms with van der Waals surface area (Å²) in [4.78, 5) is 25.5. The second-order valence-corrected chi connectivity index (χ2v) is 7.09. The van der Waals surface area contributed by atoms with E-state index in [1.165, 1.54) is 19.2 Å². The Bertz CT molecular complexity index is 1150. The maximum absolute atomic E-state index is 12.8. The highest BCUT2D eigenvalue weighted by molar-refractivity contribution is 7.99. The van der Waals surface area contributed by atoms with Gasteiger partial charge in [-0.05, 0) is 28.5 Å². The molecule has 0 spiro atoms. The lowest BCUT2D eigenvalue weighted by atomic mass is 10.2. The molecule has 0 fully saturated rings. The summed E-state index contributed by atoms with van der Waals surface area (Å²) in [5.74, 6) is -0.705. The van der Waals surface area contributed by atoms with Gasteiger partial charge in [-0.2, -0.15) is 13.2 Å². The van der Waals surface area contributed by atoms with E-state index in [0.717, 1.165) is 28.6 Å². The number of hydrogen-bond acceptors (Lipinski definition) is 8. The highest BCUT2D eigenvalue weighted by Crippen LogP contribution is 2.31. The van der Waals surface area contributed by atoms with Crippen molar-refractivity contribution in [1.29, 1.82) is 5.41 Å². The van der Waals surface area contributed by atoms with Crippen LogP contribution in [0.1, 0.15) is 21.9 Å². The SMILES string of the molecule is Cn1nc(C(=O)NCCSc2nonc2C(=N)Nc2cccc(C(F)(F)F)c2)[nH]c1=O. The molecular formula is C16H15F3N8O3S. The van der Waals surface area contributed by atoms with E-state index in [2.05, 4.69) is 35.7 Å². The largest absolute Gasteiger partial charge is 0.416 e. The highest BCUT2D eigenvalue weighted by Gasteiger charge is 2.30. The fraction of sp³-hybridized carbons (Fsp3) is 0.250. The molecule has 0 aliphatic carbocycles. The fourth-order valence-electron chi connectivity index (χ4n) is 2.31. The molecule has 0 aliphatic heterocycles. The summed E-state index contributed by atoms with van der Waals surface area (Å²) in [7, 11) is 1.40. The summed E-state index contributed by atoms with van der Waals surface area (Å²) in [6, 6.07) is 4.38. The van der Waals surface area contributed by atoms with Gasteiger partial charge in [0.05, 0.1) is 5.56 Å². The molecule has 31 heavy (non-hydrogen) atoms. The van der Waals surface area contributed by atoms with Gasteiger partial charge < -0.3 is 10.6 Å². The van der Waals surface area contributed by atoms with E-state index in [9.17, 15) is 22.8 Å². The standard InChI is InChI=1S/C16H15F3N8O3S/c1-27-15(29)23-12(24-27)13(28)21-5-6-31-14-10(25-30-26-14)11(20)22-9-4-2-3-8(7-9)16(17,18)19/h2-4,7H,5-6H2,1H3,(H2,20,22)(H,21,28)(H,23,24,29). The van der Waals surface area contributed by atoms with Crippen LogP contribution in [0.2, 0.25) is 0 Å². The topological polar surface area (TPSA) is 155 Å². The van der Waals surface area contributed by atoms with E-state index < -0.39 is 23.3 Å². The summed E-state index contributed by atoms with van der Waals surface area (Å²) < 4.78 is 44.1. The molecule has 0 saturated heterocycles. The Morgan fingerprint density at radius 3 is 2.81 bits per heavy atom. The lowest BCUT2D eigenvalue weighted by molar-refractivity contribution is -0.137. The first kappa shape index (κ1) is 22.1. The molecule has 3 aromatic rings. The maximum Gasteiger partial charge on any atom is 0.416 e. The number of H-pyrrole nitrogens is 1. The summed E-state index contributed by atoms with van der Waals surface area (Å²) >= 11 is 1.11. The minimum atomic E-state index is -4.51. The third-order valence-corrected chi connectivity index (χ3v) is 4.71. The molecule has 2 aromatic heterocycles. The van der Waals surface area contributed by atoms with Crippen molar-refractivity contribution >= 4 is 29.2 Å². The highest BCUT2D eigenvalue weighted by atomic mass is 32.2. The minimum absolute atomic E-state index is 0.00259. The van der Waals surface area contributed by atoms with Gasteiger partial charge in [0, 0.05) is 25.0 Å². The molecule has 0 unspecified atom stereocenters. The van der Waals surface area contributed by atoms with Crippen LogP contribution in [0.25, 0.3) is 0 Å². The van der Waals surface area contributed by atoms with Crippen molar-refractivity contribution in [2.75, 3.05) is 17.6 Å². The van der Waals surface area contributed by atoms with E-state index in [-0.39, 0.29) is 34.6 Å². The molecule has 164 valence electrons. The summed E-state index contributed by atoms with van der Waals surface area (Å²) in [6.07, 6.45) is -4.51. The van der Waals surface area contributed by atoms with Crippen LogP contribution >= 0.6 is 11.8 Å². The van der Waals surface area contributed by atoms with Crippen LogP contribution in [0.4, 0.5) is 18.9 Å². The van der Waals surface area contributed by atoms with Gasteiger partial charge in [-0.25, -0.2) is 14.1 Å². The molecule has 15 heteroatoms. The van der Waals surface area contributed by atoms with Gasteiger partial charge in [0.1, 0.15) is 0 Å². The molecule has 0 atom stereocenters. The Hall–Kier alpha value is -3.62. The number of carbonyl (C=O) groups is 1. The number of amidine groups is 1. The number of nitrogens with zero attached hydrogens (tertiary/aromatic N) is 4. The second kappa shape index (κ2) is 9.03. The Morgan fingerprint density at radius 2 is 2.13 bits per heavy atom. The third kappa shape index (κ3) is 5.50. The van der Waals surface area contributed by atoms with Gasteiger partial charge in [0.15, 0.2) is 16.6 Å². The van der Waals surface area contributed by atoms with Crippen LogP contribution in [0, 0.1) is 5.41 Å². The van der Waals surface area contributed by atoms with Crippen LogP contribution in [0.5, 0.6) is 0 Å². The zero-order valence-corrected chi connectivity index (χ0v) is 16.6. The zero-order valence-electron chi connectivity index (χ0n) is 15.8. The van der Waals surface area contributed by atoms with Crippen LogP contribution in [0.3, 0.4) is 0 Å². The first-order valence-electron chi connectivity index (χ1n) is 8.55. The normalized spacial score (nSPS) is 11.4. The number of nitrogens with one attached hydrogen (secondary N) is 4. The number of hydrogen-bond donors (Lipinski definition) is 4. The number of aryl methyl sites for hydroxylation is 1. The van der Waals surface area contributed by atoms with Crippen molar-refractivity contribution in [3.8, 4) is 0 Å². The first-order chi connectivity index (χ1) is 14.6. The van der Waals surface area contributed by atoms with Crippen molar-refractivity contribution in [3.63, 3.8) is 0 Å². The smallest absolute Gasteiger partial charge is 0.348 e. The van der Waals surface area contributed by atoms with Crippen LogP contribution in [0.15, 0.2) is 38.7 Å². The molecule has 11 nitrogen and oxygen atoms in total. The molecule has 0 bridgehead atoms. The number of aromatic amines is 1. The van der Waals surface area contributed by atoms with E-state index in [1.807, 2.05) is 0 Å². The van der Waals surface area contributed by atoms with Crippen LogP contribution in [-0.2, 0) is 13.2 Å². The van der Waals surface area contributed by atoms with Crippen molar-refractivity contribution in [3.05, 3.63) is 51.8 Å².